The van der Waals surface area contributed by atoms with Gasteiger partial charge < -0.3 is 9.80 Å². The van der Waals surface area contributed by atoms with Crippen LogP contribution < -0.4 is 4.90 Å². The molecule has 1 saturated heterocycles. The summed E-state index contributed by atoms with van der Waals surface area (Å²) in [6.45, 7) is 4.74. The number of piperidine rings is 1. The first-order valence-electron chi connectivity index (χ1n) is 6.97. The molecule has 1 aromatic rings. The molecule has 0 N–H and O–H groups in total. The van der Waals surface area contributed by atoms with Crippen LogP contribution in [0.3, 0.4) is 0 Å². The number of likely N-dealkylation sites (tertiary alicyclic amines) is 1. The molecule has 1 fully saturated rings. The predicted octanol–water partition coefficient (Wildman–Crippen LogP) is 2.84. The van der Waals surface area contributed by atoms with E-state index < -0.39 is 0 Å². The highest BCUT2D eigenvalue weighted by Gasteiger charge is 2.28. The third-order valence-corrected chi connectivity index (χ3v) is 4.40. The van der Waals surface area contributed by atoms with Crippen LogP contribution in [-0.4, -0.2) is 36.9 Å². The van der Waals surface area contributed by atoms with E-state index in [2.05, 4.69) is 22.5 Å². The Morgan fingerprint density at radius 2 is 1.86 bits per heavy atom. The van der Waals surface area contributed by atoms with Gasteiger partial charge in [0.05, 0.1) is 0 Å². The minimum absolute atomic E-state index is 0.0208. The quantitative estimate of drug-likeness (QED) is 0.786. The van der Waals surface area contributed by atoms with Gasteiger partial charge in [0, 0.05) is 36.2 Å². The second-order valence-electron chi connectivity index (χ2n) is 5.18. The average molecular weight is 351 g/mol. The molecule has 0 unspecified atom stereocenters. The van der Waals surface area contributed by atoms with Crippen molar-refractivity contribution in [3.8, 4) is 0 Å². The summed E-state index contributed by atoms with van der Waals surface area (Å²) in [6.07, 6.45) is 2.74. The first-order valence-corrected chi connectivity index (χ1v) is 7.76. The Kier molecular flexibility index (Phi) is 5.17. The number of rotatable bonds is 3. The molecule has 0 spiro atoms. The first kappa shape index (κ1) is 15.8. The van der Waals surface area contributed by atoms with Crippen molar-refractivity contribution < 1.29 is 9.59 Å². The van der Waals surface area contributed by atoms with Crippen molar-refractivity contribution in [2.45, 2.75) is 12.8 Å². The molecular weight excluding hydrogens is 332 g/mol. The lowest BCUT2D eigenvalue weighted by molar-refractivity contribution is -0.130. The van der Waals surface area contributed by atoms with Gasteiger partial charge in [-0.3, -0.25) is 9.59 Å². The fourth-order valence-electron chi connectivity index (χ4n) is 2.54. The van der Waals surface area contributed by atoms with Crippen molar-refractivity contribution in [3.63, 3.8) is 0 Å². The maximum atomic E-state index is 12.5. The molecule has 4 nitrogen and oxygen atoms in total. The molecular formula is C16H19BrN2O2. The standard InChI is InChI=1S/C16H19BrN2O2/c1-3-15(20)19-10-8-12(9-11-19)16(21)18(2)14-6-4-13(17)5-7-14/h3-7,12H,1,8-11H2,2H3. The van der Waals surface area contributed by atoms with Gasteiger partial charge in [0.25, 0.3) is 0 Å². The molecule has 1 aromatic carbocycles. The van der Waals surface area contributed by atoms with Crippen LogP contribution in [0.25, 0.3) is 0 Å². The minimum Gasteiger partial charge on any atom is -0.339 e. The number of hydrogen-bond acceptors (Lipinski definition) is 2. The molecule has 1 heterocycles. The molecule has 112 valence electrons. The molecule has 2 amide bonds. The van der Waals surface area contributed by atoms with Crippen LogP contribution in [0.15, 0.2) is 41.4 Å². The molecule has 0 aliphatic carbocycles. The summed E-state index contributed by atoms with van der Waals surface area (Å²) in [4.78, 5) is 27.5. The highest BCUT2D eigenvalue weighted by molar-refractivity contribution is 9.10. The van der Waals surface area contributed by atoms with Crippen molar-refractivity contribution in [2.24, 2.45) is 5.92 Å². The van der Waals surface area contributed by atoms with Gasteiger partial charge in [-0.05, 0) is 43.2 Å². The van der Waals surface area contributed by atoms with E-state index in [1.165, 1.54) is 6.08 Å². The van der Waals surface area contributed by atoms with E-state index in [9.17, 15) is 9.59 Å². The van der Waals surface area contributed by atoms with E-state index in [0.717, 1.165) is 10.2 Å². The molecule has 1 aliphatic rings. The molecule has 0 bridgehead atoms. The molecule has 0 saturated carbocycles. The van der Waals surface area contributed by atoms with Crippen LogP contribution >= 0.6 is 15.9 Å². The van der Waals surface area contributed by atoms with Crippen molar-refractivity contribution in [2.75, 3.05) is 25.0 Å². The fourth-order valence-corrected chi connectivity index (χ4v) is 2.81. The van der Waals surface area contributed by atoms with Crippen molar-refractivity contribution >= 4 is 33.4 Å². The zero-order valence-corrected chi connectivity index (χ0v) is 13.7. The maximum absolute atomic E-state index is 12.5. The number of carbonyl (C=O) groups excluding carboxylic acids is 2. The minimum atomic E-state index is -0.0536. The third-order valence-electron chi connectivity index (χ3n) is 3.87. The van der Waals surface area contributed by atoms with Crippen LogP contribution in [-0.2, 0) is 9.59 Å². The summed E-state index contributed by atoms with van der Waals surface area (Å²) in [7, 11) is 1.80. The summed E-state index contributed by atoms with van der Waals surface area (Å²) in [6, 6.07) is 7.67. The lowest BCUT2D eigenvalue weighted by Gasteiger charge is -2.32. The monoisotopic (exact) mass is 350 g/mol. The van der Waals surface area contributed by atoms with Gasteiger partial charge >= 0.3 is 0 Å². The predicted molar refractivity (Wildman–Crippen MR) is 87.1 cm³/mol. The second kappa shape index (κ2) is 6.89. The van der Waals surface area contributed by atoms with Crippen LogP contribution in [0, 0.1) is 5.92 Å². The molecule has 0 radical (unpaired) electrons. The van der Waals surface area contributed by atoms with Gasteiger partial charge in [0.1, 0.15) is 0 Å². The number of anilines is 1. The number of hydrogen-bond donors (Lipinski definition) is 0. The van der Waals surface area contributed by atoms with E-state index in [-0.39, 0.29) is 17.7 Å². The third kappa shape index (κ3) is 3.73. The summed E-state index contributed by atoms with van der Waals surface area (Å²) in [5.41, 5.74) is 0.882. The highest BCUT2D eigenvalue weighted by atomic mass is 79.9. The molecule has 21 heavy (non-hydrogen) atoms. The molecule has 2 rings (SSSR count). The summed E-state index contributed by atoms with van der Waals surface area (Å²) < 4.78 is 0.989. The number of nitrogens with zero attached hydrogens (tertiary/aromatic N) is 2. The Morgan fingerprint density at radius 1 is 1.29 bits per heavy atom. The number of carbonyl (C=O) groups is 2. The van der Waals surface area contributed by atoms with E-state index in [1.807, 2.05) is 24.3 Å². The summed E-state index contributed by atoms with van der Waals surface area (Å²) >= 11 is 3.39. The SMILES string of the molecule is C=CC(=O)N1CCC(C(=O)N(C)c2ccc(Br)cc2)CC1. The second-order valence-corrected chi connectivity index (χ2v) is 6.09. The Labute approximate surface area is 133 Å². The fraction of sp³-hybridized carbons (Fsp3) is 0.375. The van der Waals surface area contributed by atoms with Crippen molar-refractivity contribution in [1.82, 2.24) is 4.90 Å². The van der Waals surface area contributed by atoms with Gasteiger partial charge in [-0.1, -0.05) is 22.5 Å². The molecule has 5 heteroatoms. The van der Waals surface area contributed by atoms with E-state index in [4.69, 9.17) is 0 Å². The van der Waals surface area contributed by atoms with Crippen LogP contribution in [0.4, 0.5) is 5.69 Å². The lowest BCUT2D eigenvalue weighted by Crippen LogP contribution is -2.43. The van der Waals surface area contributed by atoms with E-state index >= 15 is 0 Å². The van der Waals surface area contributed by atoms with Gasteiger partial charge in [-0.25, -0.2) is 0 Å². The van der Waals surface area contributed by atoms with Crippen LogP contribution in [0.2, 0.25) is 0 Å². The Balaban J connectivity index is 1.96. The van der Waals surface area contributed by atoms with E-state index in [0.29, 0.717) is 25.9 Å². The Hall–Kier alpha value is -1.62. The molecule has 0 aromatic heterocycles. The van der Waals surface area contributed by atoms with Crippen molar-refractivity contribution in [3.05, 3.63) is 41.4 Å². The van der Waals surface area contributed by atoms with Gasteiger partial charge in [0.15, 0.2) is 0 Å². The number of benzene rings is 1. The maximum Gasteiger partial charge on any atom is 0.245 e. The topological polar surface area (TPSA) is 40.6 Å². The first-order chi connectivity index (χ1) is 10.0. The summed E-state index contributed by atoms with van der Waals surface area (Å²) in [5.74, 6) is 0.0395. The molecule has 1 aliphatic heterocycles. The largest absolute Gasteiger partial charge is 0.339 e. The van der Waals surface area contributed by atoms with Gasteiger partial charge in [-0.15, -0.1) is 0 Å². The summed E-state index contributed by atoms with van der Waals surface area (Å²) in [5, 5.41) is 0. The highest BCUT2D eigenvalue weighted by Crippen LogP contribution is 2.23. The number of amides is 2. The normalized spacial score (nSPS) is 15.6. The Bertz CT molecular complexity index is 534. The number of halogens is 1. The Morgan fingerprint density at radius 3 is 2.38 bits per heavy atom. The zero-order valence-electron chi connectivity index (χ0n) is 12.1. The van der Waals surface area contributed by atoms with Gasteiger partial charge in [0.2, 0.25) is 11.8 Å². The zero-order chi connectivity index (χ0) is 15.4. The van der Waals surface area contributed by atoms with Crippen molar-refractivity contribution in [1.29, 1.82) is 0 Å². The smallest absolute Gasteiger partial charge is 0.245 e. The lowest BCUT2D eigenvalue weighted by atomic mass is 9.95. The van der Waals surface area contributed by atoms with Crippen LogP contribution in [0.1, 0.15) is 12.8 Å². The van der Waals surface area contributed by atoms with E-state index in [1.54, 1.807) is 16.8 Å². The average Bonchev–Trinajstić information content (AvgIpc) is 2.53. The van der Waals surface area contributed by atoms with Gasteiger partial charge in [-0.2, -0.15) is 0 Å². The van der Waals surface area contributed by atoms with Crippen LogP contribution in [0.5, 0.6) is 0 Å². The molecule has 0 atom stereocenters.